The number of nitrogens with one attached hydrogen (secondary N) is 2. The number of carbonyl (C=O) groups excluding carboxylic acids is 2. The molecule has 2 fully saturated rings. The number of rotatable bonds is 8. The maximum atomic E-state index is 12.5. The average Bonchev–Trinajstić information content (AvgIpc) is 2.89. The van der Waals surface area contributed by atoms with Crippen LogP contribution in [0.15, 0.2) is 24.5 Å². The molecule has 2 aliphatic rings. The molecule has 2 aromatic rings. The van der Waals surface area contributed by atoms with Crippen LogP contribution in [-0.2, 0) is 14.3 Å². The van der Waals surface area contributed by atoms with Crippen molar-refractivity contribution in [3.8, 4) is 5.75 Å². The first-order valence-electron chi connectivity index (χ1n) is 12.8. The van der Waals surface area contributed by atoms with Gasteiger partial charge in [-0.15, -0.1) is 0 Å². The Hall–Kier alpha value is -3.14. The highest BCUT2D eigenvalue weighted by molar-refractivity contribution is 5.85. The van der Waals surface area contributed by atoms with Crippen molar-refractivity contribution < 1.29 is 23.8 Å². The third-order valence-electron chi connectivity index (χ3n) is 6.70. The number of amides is 2. The minimum atomic E-state index is -0.650. The van der Waals surface area contributed by atoms with Crippen LogP contribution in [0.3, 0.4) is 0 Å². The van der Waals surface area contributed by atoms with E-state index < -0.39 is 12.0 Å². The van der Waals surface area contributed by atoms with E-state index in [1.165, 1.54) is 7.11 Å². The fourth-order valence-electron chi connectivity index (χ4n) is 4.84. The van der Waals surface area contributed by atoms with Crippen LogP contribution >= 0.6 is 0 Å². The molecular formula is C26H37N5O5. The third kappa shape index (κ3) is 6.75. The van der Waals surface area contributed by atoms with Crippen LogP contribution in [0.25, 0.3) is 11.0 Å². The minimum absolute atomic E-state index is 0.0263. The first-order valence-corrected chi connectivity index (χ1v) is 12.8. The number of hydrogen-bond donors (Lipinski definition) is 2. The Kier molecular flexibility index (Phi) is 8.79. The maximum absolute atomic E-state index is 12.5. The number of anilines is 1. The van der Waals surface area contributed by atoms with Crippen molar-refractivity contribution >= 4 is 28.7 Å². The normalized spacial score (nSPS) is 21.2. The Morgan fingerprint density at radius 3 is 2.53 bits per heavy atom. The Balaban J connectivity index is 1.34. The lowest BCUT2D eigenvalue weighted by molar-refractivity contribution is -0.143. The van der Waals surface area contributed by atoms with Gasteiger partial charge in [0.1, 0.15) is 17.3 Å². The molecule has 1 saturated heterocycles. The molecule has 1 aromatic heterocycles. The van der Waals surface area contributed by atoms with Crippen molar-refractivity contribution in [1.29, 1.82) is 0 Å². The zero-order valence-corrected chi connectivity index (χ0v) is 21.4. The summed E-state index contributed by atoms with van der Waals surface area (Å²) in [6.45, 7) is 7.08. The zero-order valence-electron chi connectivity index (χ0n) is 21.4. The molecule has 1 atom stereocenters. The van der Waals surface area contributed by atoms with Crippen molar-refractivity contribution in [2.45, 2.75) is 64.1 Å². The summed E-state index contributed by atoms with van der Waals surface area (Å²) in [5.41, 5.74) is 2.63. The van der Waals surface area contributed by atoms with Crippen LogP contribution in [0.4, 0.5) is 10.5 Å². The standard InChI is InChI=1S/C26H37N5O5/c1-17(2)14-22(25(32)34-3)30-26(33)29-18-4-6-20(7-5-18)36-23-16-19(31-10-12-35-13-11-31)15-21-24(23)28-9-8-27-21/h8-9,15-18,20,22H,4-7,10-14H2,1-3H3,(H2,29,30,33)/t18?,20?,22-/m0/s1. The van der Waals surface area contributed by atoms with Crippen molar-refractivity contribution in [3.05, 3.63) is 24.5 Å². The Labute approximate surface area is 212 Å². The first kappa shape index (κ1) is 25.9. The van der Waals surface area contributed by atoms with Gasteiger partial charge in [0, 0.05) is 43.3 Å². The minimum Gasteiger partial charge on any atom is -0.488 e. The number of benzene rings is 1. The van der Waals surface area contributed by atoms with E-state index in [1.807, 2.05) is 13.8 Å². The lowest BCUT2D eigenvalue weighted by Crippen LogP contribution is -2.50. The van der Waals surface area contributed by atoms with Gasteiger partial charge in [-0.1, -0.05) is 13.8 Å². The molecule has 2 N–H and O–H groups in total. The molecule has 10 nitrogen and oxygen atoms in total. The van der Waals surface area contributed by atoms with E-state index >= 15 is 0 Å². The van der Waals surface area contributed by atoms with Crippen molar-refractivity contribution in [1.82, 2.24) is 20.6 Å². The Morgan fingerprint density at radius 2 is 1.83 bits per heavy atom. The number of urea groups is 1. The summed E-state index contributed by atoms with van der Waals surface area (Å²) in [5.74, 6) is 0.570. The molecule has 1 aliphatic carbocycles. The van der Waals surface area contributed by atoms with Gasteiger partial charge in [-0.3, -0.25) is 4.98 Å². The van der Waals surface area contributed by atoms with Crippen LogP contribution in [-0.4, -0.2) is 73.6 Å². The average molecular weight is 500 g/mol. The largest absolute Gasteiger partial charge is 0.488 e. The number of fused-ring (bicyclic) bond motifs is 1. The van der Waals surface area contributed by atoms with Gasteiger partial charge >= 0.3 is 12.0 Å². The second-order valence-electron chi connectivity index (χ2n) is 9.88. The lowest BCUT2D eigenvalue weighted by Gasteiger charge is -2.31. The number of carbonyl (C=O) groups is 2. The molecule has 196 valence electrons. The van der Waals surface area contributed by atoms with Gasteiger partial charge in [-0.25, -0.2) is 14.6 Å². The quantitative estimate of drug-likeness (QED) is 0.533. The number of methoxy groups -OCH3 is 1. The SMILES string of the molecule is COC(=O)[C@H](CC(C)C)NC(=O)NC1CCC(Oc2cc(N3CCOCC3)cc3nccnc23)CC1. The fourth-order valence-corrected chi connectivity index (χ4v) is 4.84. The molecule has 36 heavy (non-hydrogen) atoms. The monoisotopic (exact) mass is 499 g/mol. The van der Waals surface area contributed by atoms with E-state index in [0.29, 0.717) is 19.6 Å². The molecule has 10 heteroatoms. The smallest absolute Gasteiger partial charge is 0.328 e. The van der Waals surface area contributed by atoms with E-state index in [0.717, 1.165) is 61.2 Å². The molecule has 4 rings (SSSR count). The number of aromatic nitrogens is 2. The molecule has 2 amide bonds. The van der Waals surface area contributed by atoms with Crippen LogP contribution in [0.2, 0.25) is 0 Å². The molecule has 0 bridgehead atoms. The lowest BCUT2D eigenvalue weighted by atomic mass is 9.93. The van der Waals surface area contributed by atoms with Gasteiger partial charge in [-0.05, 0) is 44.1 Å². The second kappa shape index (κ2) is 12.2. The predicted molar refractivity (Wildman–Crippen MR) is 136 cm³/mol. The van der Waals surface area contributed by atoms with Crippen LogP contribution in [0.5, 0.6) is 5.75 Å². The van der Waals surface area contributed by atoms with E-state index in [4.69, 9.17) is 14.2 Å². The molecule has 1 aliphatic heterocycles. The van der Waals surface area contributed by atoms with Crippen molar-refractivity contribution in [2.24, 2.45) is 5.92 Å². The van der Waals surface area contributed by atoms with Crippen LogP contribution in [0, 0.1) is 5.92 Å². The summed E-state index contributed by atoms with van der Waals surface area (Å²) < 4.78 is 16.8. The van der Waals surface area contributed by atoms with E-state index in [2.05, 4.69) is 37.6 Å². The molecule has 0 radical (unpaired) electrons. The van der Waals surface area contributed by atoms with Crippen LogP contribution < -0.4 is 20.3 Å². The van der Waals surface area contributed by atoms with Crippen molar-refractivity contribution in [3.63, 3.8) is 0 Å². The topological polar surface area (TPSA) is 115 Å². The third-order valence-corrected chi connectivity index (χ3v) is 6.70. The molecule has 0 spiro atoms. The number of morpholine rings is 1. The van der Waals surface area contributed by atoms with Gasteiger partial charge in [0.2, 0.25) is 0 Å². The van der Waals surface area contributed by atoms with Crippen molar-refractivity contribution in [2.75, 3.05) is 38.3 Å². The number of nitrogens with zero attached hydrogens (tertiary/aromatic N) is 3. The summed E-state index contributed by atoms with van der Waals surface area (Å²) in [5, 5.41) is 5.78. The highest BCUT2D eigenvalue weighted by atomic mass is 16.5. The van der Waals surface area contributed by atoms with Gasteiger partial charge in [0.25, 0.3) is 0 Å². The molecular weight excluding hydrogens is 462 g/mol. The highest BCUT2D eigenvalue weighted by Crippen LogP contribution is 2.33. The molecule has 1 saturated carbocycles. The molecule has 0 unspecified atom stereocenters. The summed E-state index contributed by atoms with van der Waals surface area (Å²) in [7, 11) is 1.34. The Bertz CT molecular complexity index is 1030. The first-order chi connectivity index (χ1) is 17.4. The molecule has 2 heterocycles. The number of esters is 1. The van der Waals surface area contributed by atoms with Crippen LogP contribution in [0.1, 0.15) is 46.0 Å². The fraction of sp³-hybridized carbons (Fsp3) is 0.615. The summed E-state index contributed by atoms with van der Waals surface area (Å²) in [6, 6.07) is 3.15. The van der Waals surface area contributed by atoms with Gasteiger partial charge in [0.15, 0.2) is 0 Å². The van der Waals surface area contributed by atoms with E-state index in [9.17, 15) is 9.59 Å². The van der Waals surface area contributed by atoms with E-state index in [-0.39, 0.29) is 24.1 Å². The second-order valence-corrected chi connectivity index (χ2v) is 9.88. The maximum Gasteiger partial charge on any atom is 0.328 e. The van der Waals surface area contributed by atoms with Gasteiger partial charge in [0.05, 0.1) is 31.9 Å². The summed E-state index contributed by atoms with van der Waals surface area (Å²) in [4.78, 5) is 35.9. The van der Waals surface area contributed by atoms with E-state index in [1.54, 1.807) is 12.4 Å². The zero-order chi connectivity index (χ0) is 25.5. The number of hydrogen-bond acceptors (Lipinski definition) is 8. The Morgan fingerprint density at radius 1 is 1.11 bits per heavy atom. The molecule has 1 aromatic carbocycles. The van der Waals surface area contributed by atoms with Gasteiger partial charge in [-0.2, -0.15) is 0 Å². The highest BCUT2D eigenvalue weighted by Gasteiger charge is 2.27. The van der Waals surface area contributed by atoms with Gasteiger partial charge < -0.3 is 29.7 Å². The predicted octanol–water partition coefficient (Wildman–Crippen LogP) is 3.04. The summed E-state index contributed by atoms with van der Waals surface area (Å²) in [6.07, 6.45) is 7.13. The summed E-state index contributed by atoms with van der Waals surface area (Å²) >= 11 is 0. The number of ether oxygens (including phenoxy) is 3.